The van der Waals surface area contributed by atoms with Gasteiger partial charge < -0.3 is 67.8 Å². The summed E-state index contributed by atoms with van der Waals surface area (Å²) in [6.07, 6.45) is 4.52. The maximum absolute atomic E-state index is 14.6. The number of ether oxygens (including phenoxy) is 8. The van der Waals surface area contributed by atoms with Gasteiger partial charge in [-0.05, 0) is 101 Å². The van der Waals surface area contributed by atoms with Gasteiger partial charge in [0.25, 0.3) is 0 Å². The minimum Gasteiger partial charge on any atom is -0.455 e. The average molecular weight is 1360 g/mol. The Bertz CT molecular complexity index is 2500. The Balaban J connectivity index is 1.49. The van der Waals surface area contributed by atoms with E-state index in [1.54, 1.807) is 62.1 Å². The molecule has 0 aliphatic carbocycles. The van der Waals surface area contributed by atoms with E-state index < -0.39 is 65.0 Å². The number of likely N-dealkylation sites (N-methyl/N-ethyl adjacent to an activating group) is 2. The van der Waals surface area contributed by atoms with E-state index in [1.807, 2.05) is 90.9 Å². The molecule has 25 nitrogen and oxygen atoms in total. The number of methoxy groups -OCH3 is 2. The molecule has 2 heterocycles. The second-order valence-corrected chi connectivity index (χ2v) is 36.1. The van der Waals surface area contributed by atoms with Gasteiger partial charge in [-0.3, -0.25) is 28.9 Å². The van der Waals surface area contributed by atoms with Crippen molar-refractivity contribution in [1.82, 2.24) is 40.6 Å². The maximum atomic E-state index is 14.6. The zero-order valence-corrected chi connectivity index (χ0v) is 61.7. The van der Waals surface area contributed by atoms with Crippen LogP contribution in [0.3, 0.4) is 0 Å². The van der Waals surface area contributed by atoms with Crippen molar-refractivity contribution >= 4 is 57.8 Å². The van der Waals surface area contributed by atoms with Crippen molar-refractivity contribution in [2.75, 3.05) is 140 Å². The SMILES string of the molecule is CC[C@H](C)[C@@H]([C@@H](CC(=O)N1CCC[C@H]1[C@H](OC)[C@@H](C)C(=O)N[C@@H](Cc1ccccc1)C(=O)CNCC[Si](C)(C)O[Si](C)(C)CSc1ncc(COCCOCCOCCOCCOCCOCCN=[N+]=[N-])cn1)OC)N(C)C(=O)[C@@H](NC(=O)[C@H](C(C)C)N(C)C)C(C)C. The van der Waals surface area contributed by atoms with Crippen LogP contribution in [0, 0.1) is 23.7 Å². The van der Waals surface area contributed by atoms with E-state index in [0.717, 1.165) is 22.5 Å². The lowest BCUT2D eigenvalue weighted by Gasteiger charge is -2.41. The molecule has 93 heavy (non-hydrogen) atoms. The predicted molar refractivity (Wildman–Crippen MR) is 367 cm³/mol. The molecular formula is C65H115N11O14SSi2. The molecule has 2 aromatic rings. The highest BCUT2D eigenvalue weighted by atomic mass is 32.2. The Morgan fingerprint density at radius 2 is 1.34 bits per heavy atom. The average Bonchev–Trinajstić information content (AvgIpc) is 1.81. The van der Waals surface area contributed by atoms with Gasteiger partial charge in [-0.1, -0.05) is 102 Å². The molecule has 1 aliphatic rings. The van der Waals surface area contributed by atoms with Gasteiger partial charge in [0.2, 0.25) is 23.6 Å². The zero-order valence-electron chi connectivity index (χ0n) is 58.9. The van der Waals surface area contributed by atoms with E-state index in [0.29, 0.717) is 130 Å². The Kier molecular flexibility index (Phi) is 40.1. The van der Waals surface area contributed by atoms with Crippen molar-refractivity contribution in [2.45, 2.75) is 167 Å². The molecule has 1 aromatic heterocycles. The Morgan fingerprint density at radius 1 is 0.763 bits per heavy atom. The number of rotatable bonds is 51. The Morgan fingerprint density at radius 3 is 1.87 bits per heavy atom. The summed E-state index contributed by atoms with van der Waals surface area (Å²) in [6, 6.07) is 7.42. The minimum atomic E-state index is -2.20. The number of nitrogens with one attached hydrogen (secondary N) is 3. The topological polar surface area (TPSA) is 289 Å². The van der Waals surface area contributed by atoms with Crippen LogP contribution in [-0.2, 0) is 79.0 Å². The number of azide groups is 1. The molecule has 1 aromatic carbocycles. The molecule has 3 N–H and O–H groups in total. The smallest absolute Gasteiger partial charge is 0.245 e. The lowest BCUT2D eigenvalue weighted by molar-refractivity contribution is -0.148. The minimum absolute atomic E-state index is 0.0152. The van der Waals surface area contributed by atoms with E-state index in [2.05, 4.69) is 62.1 Å². The lowest BCUT2D eigenvalue weighted by Crippen LogP contribution is -2.59. The fraction of sp³-hybridized carbons (Fsp3) is 0.769. The largest absolute Gasteiger partial charge is 0.455 e. The van der Waals surface area contributed by atoms with E-state index in [1.165, 1.54) is 0 Å². The summed E-state index contributed by atoms with van der Waals surface area (Å²) >= 11 is 1.58. The van der Waals surface area contributed by atoms with Crippen LogP contribution >= 0.6 is 11.8 Å². The highest BCUT2D eigenvalue weighted by molar-refractivity contribution is 8.00. The molecule has 0 radical (unpaired) electrons. The number of Topliss-reactive ketones (excluding diaryl/α,β-unsaturated/α-hetero) is 1. The van der Waals surface area contributed by atoms with E-state index in [-0.39, 0.29) is 60.1 Å². The fourth-order valence-corrected chi connectivity index (χ4v) is 21.6. The first-order chi connectivity index (χ1) is 44.3. The number of nitrogens with zero attached hydrogens (tertiary/aromatic N) is 8. The van der Waals surface area contributed by atoms with Crippen LogP contribution in [0.2, 0.25) is 32.2 Å². The van der Waals surface area contributed by atoms with Crippen LogP contribution in [0.5, 0.6) is 0 Å². The molecular weight excluding hydrogens is 1250 g/mol. The summed E-state index contributed by atoms with van der Waals surface area (Å²) in [5.41, 5.74) is 10.0. The summed E-state index contributed by atoms with van der Waals surface area (Å²) < 4.78 is 52.3. The van der Waals surface area contributed by atoms with Gasteiger partial charge in [0.05, 0.1) is 135 Å². The third-order valence-corrected chi connectivity index (χ3v) is 26.1. The van der Waals surface area contributed by atoms with E-state index in [4.69, 9.17) is 47.5 Å². The van der Waals surface area contributed by atoms with Gasteiger partial charge in [-0.2, -0.15) is 0 Å². The first-order valence-corrected chi connectivity index (χ1v) is 40.3. The van der Waals surface area contributed by atoms with Gasteiger partial charge in [-0.15, -0.1) is 0 Å². The van der Waals surface area contributed by atoms with Crippen molar-refractivity contribution in [2.24, 2.45) is 28.8 Å². The highest BCUT2D eigenvalue weighted by Gasteiger charge is 2.44. The van der Waals surface area contributed by atoms with Crippen LogP contribution < -0.4 is 16.0 Å². The van der Waals surface area contributed by atoms with E-state index in [9.17, 15) is 24.0 Å². The van der Waals surface area contributed by atoms with Gasteiger partial charge in [-0.25, -0.2) is 9.97 Å². The molecule has 3 rings (SSSR count). The summed E-state index contributed by atoms with van der Waals surface area (Å²) in [5.74, 6) is -2.12. The lowest BCUT2D eigenvalue weighted by atomic mass is 9.89. The number of thioether (sulfide) groups is 1. The van der Waals surface area contributed by atoms with Crippen molar-refractivity contribution in [1.29, 1.82) is 0 Å². The number of carbonyl (C=O) groups is 5. The number of hydrogen-bond donors (Lipinski definition) is 3. The number of aromatic nitrogens is 2. The molecule has 0 spiro atoms. The number of benzene rings is 1. The number of carbonyl (C=O) groups excluding carboxylic acids is 5. The number of ketones is 1. The molecule has 1 saturated heterocycles. The molecule has 4 amide bonds. The molecule has 0 unspecified atom stereocenters. The van der Waals surface area contributed by atoms with Crippen molar-refractivity contribution < 1.29 is 66.0 Å². The van der Waals surface area contributed by atoms with Crippen molar-refractivity contribution in [3.63, 3.8) is 0 Å². The van der Waals surface area contributed by atoms with Gasteiger partial charge >= 0.3 is 0 Å². The monoisotopic (exact) mass is 1360 g/mol. The second kappa shape index (κ2) is 45.1. The Labute approximate surface area is 561 Å². The molecule has 1 aliphatic heterocycles. The van der Waals surface area contributed by atoms with Crippen LogP contribution in [0.4, 0.5) is 0 Å². The highest BCUT2D eigenvalue weighted by Crippen LogP contribution is 2.31. The molecule has 9 atom stereocenters. The van der Waals surface area contributed by atoms with Crippen LogP contribution in [0.15, 0.2) is 53.0 Å². The summed E-state index contributed by atoms with van der Waals surface area (Å²) in [7, 11) is 4.18. The first kappa shape index (κ1) is 82.7. The van der Waals surface area contributed by atoms with Gasteiger partial charge in [0.1, 0.15) is 6.04 Å². The standard InChI is InChI=1S/C65H115N11O14SSi2/c1-17-49(6)60(75(10)64(81)58(47(2)3)72-63(80)59(48(4)5)74(8)9)56(82-11)41-57(78)76-27-21-24-54(76)61(83-12)50(7)62(79)71-53(40-51-22-19-18-20-23-51)55(77)44-67-26-39-92(13,14)90-93(15,16)46-91-65-68-42-52(43-69-65)45-89-38-37-88-36-35-87-34-33-86-32-31-85-30-29-84-28-25-70-73-66/h18-20,22-23,42-43,47-50,53-54,56,58-61,67H,17,21,24-41,44-46H2,1-16H3,(H,71,79)(H,72,80)/t49-,50+,53-,54-,56+,58-,59-,60-,61+/m0/s1. The van der Waals surface area contributed by atoms with Gasteiger partial charge in [0, 0.05) is 62.6 Å². The Hall–Kier alpha value is -4.50. The quantitative estimate of drug-likeness (QED) is 0.0114. The molecule has 1 fully saturated rings. The van der Waals surface area contributed by atoms with Crippen molar-refractivity contribution in [3.05, 3.63) is 64.3 Å². The van der Waals surface area contributed by atoms with Crippen molar-refractivity contribution in [3.8, 4) is 0 Å². The maximum Gasteiger partial charge on any atom is 0.245 e. The first-order valence-electron chi connectivity index (χ1n) is 33.1. The second-order valence-electron chi connectivity index (χ2n) is 26.0. The summed E-state index contributed by atoms with van der Waals surface area (Å²) in [5, 5.41) is 14.4. The van der Waals surface area contributed by atoms with E-state index >= 15 is 0 Å². The molecule has 528 valence electrons. The summed E-state index contributed by atoms with van der Waals surface area (Å²) in [4.78, 5) is 88.5. The fourth-order valence-electron chi connectivity index (χ4n) is 11.5. The third kappa shape index (κ3) is 31.1. The zero-order chi connectivity index (χ0) is 68.9. The number of amides is 4. The van der Waals surface area contributed by atoms with Crippen LogP contribution in [0.25, 0.3) is 10.4 Å². The summed E-state index contributed by atoms with van der Waals surface area (Å²) in [6.45, 7) is 29.0. The normalized spacial score (nSPS) is 16.3. The third-order valence-electron chi connectivity index (χ3n) is 16.4. The van der Waals surface area contributed by atoms with Gasteiger partial charge in [0.15, 0.2) is 27.6 Å². The number of likely N-dealkylation sites (tertiary alicyclic amines) is 1. The number of hydrogen-bond acceptors (Lipinski definition) is 20. The molecule has 28 heteroatoms. The molecule has 0 saturated carbocycles. The predicted octanol–water partition coefficient (Wildman–Crippen LogP) is 6.98. The van der Waals surface area contributed by atoms with Crippen LogP contribution in [0.1, 0.15) is 85.3 Å². The molecule has 0 bridgehead atoms. The van der Waals surface area contributed by atoms with Crippen LogP contribution in [-0.4, -0.2) is 253 Å².